The molecule has 0 bridgehead atoms. The zero-order chi connectivity index (χ0) is 25.3. The lowest BCUT2D eigenvalue weighted by Crippen LogP contribution is -2.39. The van der Waals surface area contributed by atoms with E-state index in [0.717, 1.165) is 15.6 Å². The minimum Gasteiger partial charge on any atom is -0.492 e. The molecule has 3 rings (SSSR count). The summed E-state index contributed by atoms with van der Waals surface area (Å²) in [6.45, 7) is 5.54. The summed E-state index contributed by atoms with van der Waals surface area (Å²) >= 11 is 0. The quantitative estimate of drug-likeness (QED) is 0.317. The first-order valence-electron chi connectivity index (χ1n) is 11.2. The third-order valence-electron chi connectivity index (χ3n) is 4.71. The normalized spacial score (nSPS) is 11.4. The number of amides is 1. The van der Waals surface area contributed by atoms with E-state index in [0.29, 0.717) is 12.4 Å². The van der Waals surface area contributed by atoms with Gasteiger partial charge in [-0.15, -0.1) is 0 Å². The molecule has 0 aromatic heterocycles. The number of nitrogens with zero attached hydrogens (tertiary/aromatic N) is 2. The first kappa shape index (κ1) is 25.8. The molecule has 0 heterocycles. The first-order chi connectivity index (χ1) is 16.8. The average molecular weight is 496 g/mol. The molecule has 0 aliphatic rings. The van der Waals surface area contributed by atoms with Gasteiger partial charge in [-0.2, -0.15) is 5.10 Å². The van der Waals surface area contributed by atoms with Crippen LogP contribution in [0.3, 0.4) is 0 Å². The van der Waals surface area contributed by atoms with Crippen LogP contribution in [0, 0.1) is 0 Å². The smallest absolute Gasteiger partial charge is 0.264 e. The van der Waals surface area contributed by atoms with Crippen molar-refractivity contribution < 1.29 is 22.7 Å². The molecule has 184 valence electrons. The van der Waals surface area contributed by atoms with Crippen molar-refractivity contribution in [3.05, 3.63) is 84.4 Å². The van der Waals surface area contributed by atoms with Crippen LogP contribution in [0.2, 0.25) is 0 Å². The molecule has 1 amide bonds. The lowest BCUT2D eigenvalue weighted by Gasteiger charge is -2.25. The topological polar surface area (TPSA) is 97.3 Å². The summed E-state index contributed by atoms with van der Waals surface area (Å²) in [5, 5.41) is 3.97. The lowest BCUT2D eigenvalue weighted by molar-refractivity contribution is -0.119. The summed E-state index contributed by atoms with van der Waals surface area (Å²) in [5.74, 6) is 0.484. The maximum atomic E-state index is 13.5. The van der Waals surface area contributed by atoms with E-state index in [1.165, 1.54) is 18.3 Å². The Kier molecular flexibility index (Phi) is 8.86. The number of rotatable bonds is 11. The third-order valence-corrected chi connectivity index (χ3v) is 6.48. The van der Waals surface area contributed by atoms with E-state index < -0.39 is 22.5 Å². The van der Waals surface area contributed by atoms with Crippen LogP contribution in [0.5, 0.6) is 11.5 Å². The molecule has 0 saturated carbocycles. The molecule has 0 saturated heterocycles. The number of nitrogens with one attached hydrogen (secondary N) is 1. The molecule has 3 aromatic carbocycles. The second-order valence-electron chi connectivity index (χ2n) is 7.75. The van der Waals surface area contributed by atoms with Crippen molar-refractivity contribution in [1.82, 2.24) is 5.43 Å². The molecular weight excluding hydrogens is 466 g/mol. The minimum atomic E-state index is -4.06. The summed E-state index contributed by atoms with van der Waals surface area (Å²) in [4.78, 5) is 12.8. The number of carbonyl (C=O) groups excluding carboxylic acids is 1. The fourth-order valence-corrected chi connectivity index (χ4v) is 4.66. The lowest BCUT2D eigenvalue weighted by atomic mass is 10.2. The van der Waals surface area contributed by atoms with E-state index in [1.54, 1.807) is 61.5 Å². The standard InChI is InChI=1S/C26H29N3O5S/c1-4-33-25-13-9-8-12-24(25)29(35(31,32)23-10-6-5-7-11-23)19-26(30)28-27-18-21-14-16-22(17-15-21)34-20(2)3/h5-18,20H,4,19H2,1-3H3,(H,28,30)/b27-18-. The van der Waals surface area contributed by atoms with Crippen LogP contribution in [-0.2, 0) is 14.8 Å². The van der Waals surface area contributed by atoms with E-state index in [-0.39, 0.29) is 16.7 Å². The van der Waals surface area contributed by atoms with E-state index in [4.69, 9.17) is 9.47 Å². The van der Waals surface area contributed by atoms with Crippen LogP contribution in [0.25, 0.3) is 0 Å². The van der Waals surface area contributed by atoms with Gasteiger partial charge in [-0.3, -0.25) is 9.10 Å². The zero-order valence-electron chi connectivity index (χ0n) is 19.9. The summed E-state index contributed by atoms with van der Waals surface area (Å²) < 4.78 is 39.2. The summed E-state index contributed by atoms with van der Waals surface area (Å²) in [7, 11) is -4.06. The number of para-hydroxylation sites is 2. The van der Waals surface area contributed by atoms with Crippen molar-refractivity contribution in [3.8, 4) is 11.5 Å². The van der Waals surface area contributed by atoms with Crippen molar-refractivity contribution in [2.75, 3.05) is 17.5 Å². The average Bonchev–Trinajstić information content (AvgIpc) is 2.84. The highest BCUT2D eigenvalue weighted by Gasteiger charge is 2.29. The zero-order valence-corrected chi connectivity index (χ0v) is 20.7. The Morgan fingerprint density at radius 2 is 1.66 bits per heavy atom. The molecule has 3 aromatic rings. The maximum Gasteiger partial charge on any atom is 0.264 e. The highest BCUT2D eigenvalue weighted by molar-refractivity contribution is 7.92. The molecule has 0 spiro atoms. The molecule has 9 heteroatoms. The molecule has 1 N–H and O–H groups in total. The van der Waals surface area contributed by atoms with Gasteiger partial charge in [0, 0.05) is 0 Å². The van der Waals surface area contributed by atoms with E-state index in [9.17, 15) is 13.2 Å². The van der Waals surface area contributed by atoms with Crippen molar-refractivity contribution in [2.45, 2.75) is 31.8 Å². The predicted octanol–water partition coefficient (Wildman–Crippen LogP) is 4.22. The van der Waals surface area contributed by atoms with Crippen LogP contribution in [0.15, 0.2) is 88.9 Å². The molecule has 35 heavy (non-hydrogen) atoms. The van der Waals surface area contributed by atoms with Crippen LogP contribution in [0.4, 0.5) is 5.69 Å². The fraction of sp³-hybridized carbons (Fsp3) is 0.231. The largest absolute Gasteiger partial charge is 0.492 e. The van der Waals surface area contributed by atoms with Crippen molar-refractivity contribution in [1.29, 1.82) is 0 Å². The van der Waals surface area contributed by atoms with Gasteiger partial charge in [-0.25, -0.2) is 13.8 Å². The third kappa shape index (κ3) is 7.07. The van der Waals surface area contributed by atoms with Gasteiger partial charge in [0.2, 0.25) is 0 Å². The van der Waals surface area contributed by atoms with Gasteiger partial charge >= 0.3 is 0 Å². The Labute approximate surface area is 206 Å². The van der Waals surface area contributed by atoms with Gasteiger partial charge in [0.15, 0.2) is 0 Å². The monoisotopic (exact) mass is 495 g/mol. The van der Waals surface area contributed by atoms with E-state index in [1.807, 2.05) is 26.0 Å². The Bertz CT molecular complexity index is 1240. The summed E-state index contributed by atoms with van der Waals surface area (Å²) in [6, 6.07) is 21.8. The van der Waals surface area contributed by atoms with Crippen molar-refractivity contribution in [3.63, 3.8) is 0 Å². The molecular formula is C26H29N3O5S. The second kappa shape index (κ2) is 12.0. The Morgan fingerprint density at radius 1 is 1.00 bits per heavy atom. The Balaban J connectivity index is 1.80. The molecule has 0 unspecified atom stereocenters. The molecule has 8 nitrogen and oxygen atoms in total. The van der Waals surface area contributed by atoms with Gasteiger partial charge in [0.25, 0.3) is 15.9 Å². The molecule has 0 radical (unpaired) electrons. The number of anilines is 1. The van der Waals surface area contributed by atoms with Gasteiger partial charge in [-0.05, 0) is 74.9 Å². The number of sulfonamides is 1. The molecule has 0 aliphatic carbocycles. The molecule has 0 aliphatic heterocycles. The Morgan fingerprint density at radius 3 is 2.31 bits per heavy atom. The number of hydrogen-bond acceptors (Lipinski definition) is 6. The van der Waals surface area contributed by atoms with Crippen LogP contribution >= 0.6 is 0 Å². The number of carbonyl (C=O) groups is 1. The molecule has 0 fully saturated rings. The summed E-state index contributed by atoms with van der Waals surface area (Å²) in [5.41, 5.74) is 3.41. The SMILES string of the molecule is CCOc1ccccc1N(CC(=O)N/N=C\c1ccc(OC(C)C)cc1)S(=O)(=O)c1ccccc1. The number of hydrogen-bond donors (Lipinski definition) is 1. The van der Waals surface area contributed by atoms with Gasteiger partial charge in [0.1, 0.15) is 18.0 Å². The van der Waals surface area contributed by atoms with E-state index >= 15 is 0 Å². The van der Waals surface area contributed by atoms with E-state index in [2.05, 4.69) is 10.5 Å². The van der Waals surface area contributed by atoms with Crippen molar-refractivity contribution >= 4 is 27.8 Å². The Hall–Kier alpha value is -3.85. The maximum absolute atomic E-state index is 13.5. The first-order valence-corrected chi connectivity index (χ1v) is 12.6. The summed E-state index contributed by atoms with van der Waals surface area (Å²) in [6.07, 6.45) is 1.54. The fourth-order valence-electron chi connectivity index (χ4n) is 3.21. The van der Waals surface area contributed by atoms with Crippen LogP contribution < -0.4 is 19.2 Å². The highest BCUT2D eigenvalue weighted by atomic mass is 32.2. The minimum absolute atomic E-state index is 0.0614. The number of hydrazone groups is 1. The van der Waals surface area contributed by atoms with Gasteiger partial charge < -0.3 is 9.47 Å². The number of benzene rings is 3. The molecule has 0 atom stereocenters. The van der Waals surface area contributed by atoms with Crippen LogP contribution in [0.1, 0.15) is 26.3 Å². The highest BCUT2D eigenvalue weighted by Crippen LogP contribution is 2.32. The second-order valence-corrected chi connectivity index (χ2v) is 9.62. The van der Waals surface area contributed by atoms with Gasteiger partial charge in [0.05, 0.1) is 29.5 Å². The van der Waals surface area contributed by atoms with Crippen molar-refractivity contribution in [2.24, 2.45) is 5.10 Å². The number of ether oxygens (including phenoxy) is 2. The van der Waals surface area contributed by atoms with Gasteiger partial charge in [-0.1, -0.05) is 30.3 Å². The van der Waals surface area contributed by atoms with Crippen LogP contribution in [-0.4, -0.2) is 39.8 Å². The predicted molar refractivity (Wildman–Crippen MR) is 137 cm³/mol.